The lowest BCUT2D eigenvalue weighted by Crippen LogP contribution is -2.18. The highest BCUT2D eigenvalue weighted by molar-refractivity contribution is 6.20. The second-order valence-electron chi connectivity index (χ2n) is 21.9. The Bertz CT molecular complexity index is 4070. The first kappa shape index (κ1) is 43.4. The molecule has 10 aromatic carbocycles. The van der Waals surface area contributed by atoms with E-state index in [4.69, 9.17) is 8.83 Å². The van der Waals surface area contributed by atoms with Crippen LogP contribution in [0.15, 0.2) is 197 Å². The molecular formula is C70H55NO2. The molecule has 2 aliphatic carbocycles. The predicted octanol–water partition coefficient (Wildman–Crippen LogP) is 19.8. The number of nitrogens with zero attached hydrogens (tertiary/aromatic N) is 1. The summed E-state index contributed by atoms with van der Waals surface area (Å²) in [6.07, 6.45) is 0. The molecule has 12 aromatic rings. The second-order valence-corrected chi connectivity index (χ2v) is 21.9. The maximum atomic E-state index is 6.92. The van der Waals surface area contributed by atoms with Gasteiger partial charge >= 0.3 is 0 Å². The summed E-state index contributed by atoms with van der Waals surface area (Å²) in [5.74, 6) is 0. The number of para-hydroxylation sites is 3. The Hall–Kier alpha value is -8.40. The van der Waals surface area contributed by atoms with E-state index in [1.54, 1.807) is 0 Å². The number of hydrogen-bond acceptors (Lipinski definition) is 3. The van der Waals surface area contributed by atoms with Gasteiger partial charge in [-0.1, -0.05) is 172 Å². The Kier molecular flexibility index (Phi) is 9.24. The maximum absolute atomic E-state index is 6.92. The van der Waals surface area contributed by atoms with Crippen LogP contribution in [0.3, 0.4) is 0 Å². The third-order valence-electron chi connectivity index (χ3n) is 16.6. The standard InChI is InChI=1S/C70H55NO2/c1-40-26-28-42(3)52(34-40)54-38-58-63(65-50-21-13-16-24-61(50)72-67(54)65)48-32-30-45(36-56(48)69(58,5)6)71(60-23-15-12-20-47(60)44-18-10-9-11-19-44)46-31-33-49-57(37-46)70(7,8)59-39-55(53-35-41(2)27-29-43(53)4)68-66(64(49)59)51-22-14-17-25-62(51)73-68/h9-39H,1-8H3. The first-order valence-electron chi connectivity index (χ1n) is 25.7. The summed E-state index contributed by atoms with van der Waals surface area (Å²) in [5.41, 5.74) is 28.7. The van der Waals surface area contributed by atoms with Crippen molar-refractivity contribution < 1.29 is 8.83 Å². The third kappa shape index (κ3) is 6.24. The number of benzene rings is 10. The lowest BCUT2D eigenvalue weighted by atomic mass is 9.80. The van der Waals surface area contributed by atoms with Crippen molar-refractivity contribution in [1.29, 1.82) is 0 Å². The molecule has 0 radical (unpaired) electrons. The first-order valence-corrected chi connectivity index (χ1v) is 25.7. The predicted molar refractivity (Wildman–Crippen MR) is 306 cm³/mol. The molecule has 3 nitrogen and oxygen atoms in total. The maximum Gasteiger partial charge on any atom is 0.143 e. The van der Waals surface area contributed by atoms with E-state index < -0.39 is 0 Å². The largest absolute Gasteiger partial charge is 0.455 e. The van der Waals surface area contributed by atoms with Gasteiger partial charge in [-0.25, -0.2) is 0 Å². The Balaban J connectivity index is 0.999. The van der Waals surface area contributed by atoms with Crippen molar-refractivity contribution in [2.45, 2.75) is 66.2 Å². The van der Waals surface area contributed by atoms with Crippen LogP contribution in [0, 0.1) is 27.7 Å². The third-order valence-corrected chi connectivity index (χ3v) is 16.6. The van der Waals surface area contributed by atoms with Gasteiger partial charge in [-0.3, -0.25) is 0 Å². The van der Waals surface area contributed by atoms with E-state index in [1.807, 2.05) is 0 Å². The van der Waals surface area contributed by atoms with Crippen LogP contribution in [0.5, 0.6) is 0 Å². The first-order chi connectivity index (χ1) is 35.4. The van der Waals surface area contributed by atoms with E-state index in [-0.39, 0.29) is 10.8 Å². The molecule has 0 unspecified atom stereocenters. The van der Waals surface area contributed by atoms with E-state index in [9.17, 15) is 0 Å². The summed E-state index contributed by atoms with van der Waals surface area (Å²) in [6, 6.07) is 69.7. The fourth-order valence-electron chi connectivity index (χ4n) is 12.9. The van der Waals surface area contributed by atoms with Crippen molar-refractivity contribution >= 4 is 60.9 Å². The van der Waals surface area contributed by atoms with Gasteiger partial charge in [-0.05, 0) is 155 Å². The van der Waals surface area contributed by atoms with Crippen LogP contribution < -0.4 is 4.90 Å². The van der Waals surface area contributed by atoms with Crippen molar-refractivity contribution in [3.63, 3.8) is 0 Å². The smallest absolute Gasteiger partial charge is 0.143 e. The number of hydrogen-bond donors (Lipinski definition) is 0. The molecule has 2 aliphatic rings. The minimum atomic E-state index is -0.335. The molecule has 0 N–H and O–H groups in total. The molecule has 0 atom stereocenters. The zero-order valence-electron chi connectivity index (χ0n) is 42.7. The Morgan fingerprint density at radius 2 is 0.808 bits per heavy atom. The highest BCUT2D eigenvalue weighted by Gasteiger charge is 2.42. The zero-order chi connectivity index (χ0) is 49.7. The van der Waals surface area contributed by atoms with Crippen LogP contribution in [0.25, 0.3) is 99.5 Å². The number of fused-ring (bicyclic) bond motifs is 14. The van der Waals surface area contributed by atoms with Crippen molar-refractivity contribution in [2.24, 2.45) is 0 Å². The molecule has 0 saturated heterocycles. The quantitative estimate of drug-likeness (QED) is 0.166. The molecule has 73 heavy (non-hydrogen) atoms. The summed E-state index contributed by atoms with van der Waals surface area (Å²) < 4.78 is 13.8. The monoisotopic (exact) mass is 941 g/mol. The summed E-state index contributed by atoms with van der Waals surface area (Å²) >= 11 is 0. The molecule has 0 amide bonds. The fourth-order valence-corrected chi connectivity index (χ4v) is 12.9. The highest BCUT2D eigenvalue weighted by atomic mass is 16.3. The molecule has 0 aliphatic heterocycles. The summed E-state index contributed by atoms with van der Waals surface area (Å²) in [7, 11) is 0. The molecule has 0 bridgehead atoms. The van der Waals surface area contributed by atoms with Gasteiger partial charge in [0.15, 0.2) is 0 Å². The summed E-state index contributed by atoms with van der Waals surface area (Å²) in [6.45, 7) is 18.4. The van der Waals surface area contributed by atoms with Gasteiger partial charge in [0.05, 0.1) is 5.69 Å². The van der Waals surface area contributed by atoms with E-state index >= 15 is 0 Å². The van der Waals surface area contributed by atoms with Gasteiger partial charge in [0.2, 0.25) is 0 Å². The normalized spacial score (nSPS) is 14.0. The van der Waals surface area contributed by atoms with E-state index in [0.29, 0.717) is 0 Å². The van der Waals surface area contributed by atoms with Crippen molar-refractivity contribution in [1.82, 2.24) is 0 Å². The number of anilines is 3. The van der Waals surface area contributed by atoms with Crippen LogP contribution in [-0.2, 0) is 10.8 Å². The number of rotatable bonds is 6. The number of aryl methyl sites for hydroxylation is 4. The summed E-state index contributed by atoms with van der Waals surface area (Å²) in [4.78, 5) is 2.51. The van der Waals surface area contributed by atoms with Gasteiger partial charge in [0, 0.05) is 60.4 Å². The molecule has 3 heteroatoms. The Labute approximate surface area is 427 Å². The molecule has 0 fully saturated rings. The van der Waals surface area contributed by atoms with Gasteiger partial charge in [0.1, 0.15) is 22.3 Å². The van der Waals surface area contributed by atoms with Crippen molar-refractivity contribution in [3.05, 3.63) is 233 Å². The summed E-state index contributed by atoms with van der Waals surface area (Å²) in [5, 5.41) is 4.68. The highest BCUT2D eigenvalue weighted by Crippen LogP contribution is 2.59. The van der Waals surface area contributed by atoms with E-state index in [1.165, 1.54) is 99.8 Å². The minimum absolute atomic E-state index is 0.335. The van der Waals surface area contributed by atoms with Gasteiger partial charge < -0.3 is 13.7 Å². The van der Waals surface area contributed by atoms with Crippen LogP contribution in [0.2, 0.25) is 0 Å². The van der Waals surface area contributed by atoms with Gasteiger partial charge in [0.25, 0.3) is 0 Å². The molecule has 14 rings (SSSR count). The molecule has 352 valence electrons. The zero-order valence-corrected chi connectivity index (χ0v) is 42.7. The Morgan fingerprint density at radius 1 is 0.356 bits per heavy atom. The van der Waals surface area contributed by atoms with Crippen LogP contribution in [0.4, 0.5) is 17.1 Å². The topological polar surface area (TPSA) is 29.5 Å². The Morgan fingerprint density at radius 3 is 1.32 bits per heavy atom. The molecule has 2 aromatic heterocycles. The molecule has 0 saturated carbocycles. The fraction of sp³-hybridized carbons (Fsp3) is 0.143. The van der Waals surface area contributed by atoms with Gasteiger partial charge in [-0.15, -0.1) is 0 Å². The van der Waals surface area contributed by atoms with Crippen LogP contribution in [-0.4, -0.2) is 0 Å². The average Bonchev–Trinajstić information content (AvgIpc) is 4.12. The molecule has 2 heterocycles. The minimum Gasteiger partial charge on any atom is -0.455 e. The van der Waals surface area contributed by atoms with Crippen LogP contribution >= 0.6 is 0 Å². The van der Waals surface area contributed by atoms with Gasteiger partial charge in [-0.2, -0.15) is 0 Å². The number of furan rings is 2. The molecular weight excluding hydrogens is 887 g/mol. The lowest BCUT2D eigenvalue weighted by Gasteiger charge is -2.31. The van der Waals surface area contributed by atoms with Crippen molar-refractivity contribution in [3.8, 4) is 55.6 Å². The average molecular weight is 942 g/mol. The van der Waals surface area contributed by atoms with E-state index in [2.05, 4.69) is 248 Å². The SMILES string of the molecule is Cc1ccc(C)c(-c2cc3c(c4c2oc2ccccc24)-c2ccc(N(c4ccc5c(c4)C(C)(C)c4cc(-c6cc(C)ccc6C)c6oc7ccccc7c6c4-5)c4ccccc4-c4ccccc4)cc2C3(C)C)c1. The second kappa shape index (κ2) is 15.6. The molecule has 0 spiro atoms. The van der Waals surface area contributed by atoms with E-state index in [0.717, 1.165) is 61.3 Å². The van der Waals surface area contributed by atoms with Crippen molar-refractivity contribution in [2.75, 3.05) is 4.90 Å². The lowest BCUT2D eigenvalue weighted by molar-refractivity contribution is 0.657. The van der Waals surface area contributed by atoms with Crippen LogP contribution in [0.1, 0.15) is 72.2 Å².